The van der Waals surface area contributed by atoms with Gasteiger partial charge in [0.1, 0.15) is 0 Å². The summed E-state index contributed by atoms with van der Waals surface area (Å²) < 4.78 is 4.49. The van der Waals surface area contributed by atoms with E-state index in [2.05, 4.69) is 4.74 Å². The normalized spacial score (nSPS) is 8.09. The molecule has 0 aliphatic heterocycles. The van der Waals surface area contributed by atoms with Gasteiger partial charge < -0.3 is 9.84 Å². The standard InChI is InChI=1S/C6H10O4.Ag/c1-2-10-6(9)4-3-5(7)8;/h2-4H2,1H3,(H,7,8);. The SMILES string of the molecule is CCOC(=O)CCC(=O)O.[Ag]. The van der Waals surface area contributed by atoms with Crippen molar-refractivity contribution < 1.29 is 41.8 Å². The van der Waals surface area contributed by atoms with E-state index in [9.17, 15) is 9.59 Å². The topological polar surface area (TPSA) is 63.6 Å². The molecule has 0 rings (SSSR count). The van der Waals surface area contributed by atoms with E-state index in [0.717, 1.165) is 0 Å². The molecule has 0 aliphatic carbocycles. The first-order valence-corrected chi connectivity index (χ1v) is 3.04. The molecule has 1 radical (unpaired) electrons. The van der Waals surface area contributed by atoms with Crippen LogP contribution in [0.2, 0.25) is 0 Å². The third kappa shape index (κ3) is 9.68. The summed E-state index contributed by atoms with van der Waals surface area (Å²) in [6.45, 7) is 1.98. The number of carboxylic acids is 1. The number of hydrogen-bond acceptors (Lipinski definition) is 3. The van der Waals surface area contributed by atoms with Crippen molar-refractivity contribution in [3.05, 3.63) is 0 Å². The second-order valence-corrected chi connectivity index (χ2v) is 1.70. The van der Waals surface area contributed by atoms with Gasteiger partial charge in [-0.05, 0) is 6.92 Å². The maximum absolute atomic E-state index is 10.5. The molecule has 0 unspecified atom stereocenters. The predicted octanol–water partition coefficient (Wildman–Crippen LogP) is 0.412. The van der Waals surface area contributed by atoms with Crippen LogP contribution in [0.5, 0.6) is 0 Å². The number of carbonyl (C=O) groups excluding carboxylic acids is 1. The van der Waals surface area contributed by atoms with Crippen LogP contribution in [0.3, 0.4) is 0 Å². The van der Waals surface area contributed by atoms with Crippen LogP contribution in [0.15, 0.2) is 0 Å². The minimum absolute atomic E-state index is 0. The first kappa shape index (κ1) is 13.3. The van der Waals surface area contributed by atoms with Gasteiger partial charge >= 0.3 is 11.9 Å². The number of hydrogen-bond donors (Lipinski definition) is 1. The molecule has 11 heavy (non-hydrogen) atoms. The Morgan fingerprint density at radius 2 is 1.91 bits per heavy atom. The van der Waals surface area contributed by atoms with Crippen LogP contribution in [-0.2, 0) is 36.7 Å². The fourth-order valence-corrected chi connectivity index (χ4v) is 0.442. The largest absolute Gasteiger partial charge is 0.481 e. The molecule has 0 heterocycles. The van der Waals surface area contributed by atoms with Crippen LogP contribution in [-0.4, -0.2) is 23.7 Å². The molecule has 0 amide bonds. The summed E-state index contributed by atoms with van der Waals surface area (Å²) in [5.74, 6) is -1.43. The number of rotatable bonds is 4. The maximum Gasteiger partial charge on any atom is 0.306 e. The van der Waals surface area contributed by atoms with Gasteiger partial charge in [-0.2, -0.15) is 0 Å². The zero-order valence-electron chi connectivity index (χ0n) is 6.09. The Morgan fingerprint density at radius 1 is 1.36 bits per heavy atom. The predicted molar refractivity (Wildman–Crippen MR) is 33.5 cm³/mol. The molecule has 1 N–H and O–H groups in total. The monoisotopic (exact) mass is 253 g/mol. The summed E-state index contributed by atoms with van der Waals surface area (Å²) in [5, 5.41) is 8.12. The van der Waals surface area contributed by atoms with Gasteiger partial charge in [-0.15, -0.1) is 0 Å². The zero-order chi connectivity index (χ0) is 7.98. The molecule has 0 aromatic carbocycles. The summed E-state index contributed by atoms with van der Waals surface area (Å²) >= 11 is 0. The van der Waals surface area contributed by atoms with Crippen LogP contribution in [0.4, 0.5) is 0 Å². The maximum atomic E-state index is 10.5. The van der Waals surface area contributed by atoms with Crippen molar-refractivity contribution in [2.75, 3.05) is 6.61 Å². The third-order valence-corrected chi connectivity index (χ3v) is 0.848. The van der Waals surface area contributed by atoms with E-state index >= 15 is 0 Å². The number of aliphatic carboxylic acids is 1. The Labute approximate surface area is 80.4 Å². The summed E-state index contributed by atoms with van der Waals surface area (Å²) in [6, 6.07) is 0. The quantitative estimate of drug-likeness (QED) is 0.583. The van der Waals surface area contributed by atoms with Gasteiger partial charge in [0, 0.05) is 22.4 Å². The molecule has 4 nitrogen and oxygen atoms in total. The number of carboxylic acid groups (broad SMARTS) is 1. The average molecular weight is 254 g/mol. The molecule has 0 aliphatic rings. The Balaban J connectivity index is 0. The number of ether oxygens (including phenoxy) is 1. The summed E-state index contributed by atoms with van der Waals surface area (Å²) in [5.41, 5.74) is 0. The van der Waals surface area contributed by atoms with E-state index in [-0.39, 0.29) is 35.2 Å². The van der Waals surface area contributed by atoms with Crippen molar-refractivity contribution in [1.29, 1.82) is 0 Å². The number of esters is 1. The van der Waals surface area contributed by atoms with Crippen molar-refractivity contribution in [3.8, 4) is 0 Å². The minimum Gasteiger partial charge on any atom is -0.481 e. The third-order valence-electron chi connectivity index (χ3n) is 0.848. The molecule has 0 spiro atoms. The Hall–Kier alpha value is -0.320. The van der Waals surface area contributed by atoms with Crippen molar-refractivity contribution in [2.45, 2.75) is 19.8 Å². The van der Waals surface area contributed by atoms with Gasteiger partial charge in [-0.25, -0.2) is 0 Å². The van der Waals surface area contributed by atoms with Crippen LogP contribution < -0.4 is 0 Å². The summed E-state index contributed by atoms with van der Waals surface area (Å²) in [7, 11) is 0. The van der Waals surface area contributed by atoms with E-state index in [1.54, 1.807) is 6.92 Å². The molecule has 0 aromatic rings. The van der Waals surface area contributed by atoms with Gasteiger partial charge in [-0.3, -0.25) is 9.59 Å². The summed E-state index contributed by atoms with van der Waals surface area (Å²) in [4.78, 5) is 20.4. The molecule has 0 bridgehead atoms. The summed E-state index contributed by atoms with van der Waals surface area (Å²) in [6.07, 6.45) is -0.192. The van der Waals surface area contributed by atoms with Crippen LogP contribution in [0.1, 0.15) is 19.8 Å². The van der Waals surface area contributed by atoms with Gasteiger partial charge in [0.2, 0.25) is 0 Å². The van der Waals surface area contributed by atoms with E-state index < -0.39 is 11.9 Å². The first-order chi connectivity index (χ1) is 4.66. The number of carbonyl (C=O) groups is 2. The smallest absolute Gasteiger partial charge is 0.306 e. The molecule has 0 atom stereocenters. The minimum atomic E-state index is -0.979. The van der Waals surface area contributed by atoms with Crippen LogP contribution >= 0.6 is 0 Å². The Bertz CT molecular complexity index is 135. The second-order valence-electron chi connectivity index (χ2n) is 1.70. The molecule has 0 aromatic heterocycles. The molecule has 5 heteroatoms. The molecule has 69 valence electrons. The van der Waals surface area contributed by atoms with Crippen molar-refractivity contribution in [3.63, 3.8) is 0 Å². The fraction of sp³-hybridized carbons (Fsp3) is 0.667. The Kier molecular flexibility index (Phi) is 9.40. The first-order valence-electron chi connectivity index (χ1n) is 3.04. The van der Waals surface area contributed by atoms with Crippen molar-refractivity contribution >= 4 is 11.9 Å². The van der Waals surface area contributed by atoms with E-state index in [1.807, 2.05) is 0 Å². The molecular weight excluding hydrogens is 244 g/mol. The molecular formula is C6H10AgO4. The van der Waals surface area contributed by atoms with Crippen LogP contribution in [0, 0.1) is 0 Å². The van der Waals surface area contributed by atoms with Gasteiger partial charge in [0.05, 0.1) is 19.4 Å². The van der Waals surface area contributed by atoms with E-state index in [0.29, 0.717) is 6.61 Å². The van der Waals surface area contributed by atoms with Crippen molar-refractivity contribution in [2.24, 2.45) is 0 Å². The zero-order valence-corrected chi connectivity index (χ0v) is 7.58. The van der Waals surface area contributed by atoms with Gasteiger partial charge in [0.25, 0.3) is 0 Å². The second kappa shape index (κ2) is 7.78. The molecule has 0 saturated carbocycles. The van der Waals surface area contributed by atoms with E-state index in [1.165, 1.54) is 0 Å². The van der Waals surface area contributed by atoms with Gasteiger partial charge in [0.15, 0.2) is 0 Å². The Morgan fingerprint density at radius 3 is 2.27 bits per heavy atom. The van der Waals surface area contributed by atoms with Crippen molar-refractivity contribution in [1.82, 2.24) is 0 Å². The van der Waals surface area contributed by atoms with Crippen LogP contribution in [0.25, 0.3) is 0 Å². The molecule has 0 fully saturated rings. The van der Waals surface area contributed by atoms with Gasteiger partial charge in [-0.1, -0.05) is 0 Å². The molecule has 0 saturated heterocycles. The van der Waals surface area contributed by atoms with E-state index in [4.69, 9.17) is 5.11 Å². The fourth-order valence-electron chi connectivity index (χ4n) is 0.442. The average Bonchev–Trinajstić information content (AvgIpc) is 1.85.